The van der Waals surface area contributed by atoms with E-state index in [0.29, 0.717) is 24.7 Å². The number of carbonyl (C=O) groups excluding carboxylic acids is 1. The number of rotatable bonds is 8. The minimum Gasteiger partial charge on any atom is -0.376 e. The quantitative estimate of drug-likeness (QED) is 0.689. The zero-order valence-corrected chi connectivity index (χ0v) is 15.9. The Labute approximate surface area is 148 Å². The van der Waals surface area contributed by atoms with E-state index in [2.05, 4.69) is 35.9 Å². The van der Waals surface area contributed by atoms with Crippen molar-refractivity contribution in [2.75, 3.05) is 39.3 Å². The lowest BCUT2D eigenvalue weighted by Crippen LogP contribution is -2.52. The van der Waals surface area contributed by atoms with Gasteiger partial charge in [0, 0.05) is 38.3 Å². The van der Waals surface area contributed by atoms with Crippen LogP contribution in [0.25, 0.3) is 0 Å². The molecule has 2 rings (SSSR count). The van der Waals surface area contributed by atoms with Gasteiger partial charge in [-0.1, -0.05) is 26.2 Å². The molecule has 2 atom stereocenters. The second kappa shape index (κ2) is 10.4. The first kappa shape index (κ1) is 19.7. The van der Waals surface area contributed by atoms with E-state index in [1.165, 1.54) is 32.1 Å². The number of amides is 1. The first-order chi connectivity index (χ1) is 11.6. The molecule has 0 aliphatic carbocycles. The van der Waals surface area contributed by atoms with Crippen molar-refractivity contribution in [2.45, 2.75) is 77.5 Å². The highest BCUT2D eigenvalue weighted by Crippen LogP contribution is 2.19. The van der Waals surface area contributed by atoms with E-state index in [0.717, 1.165) is 39.2 Å². The zero-order valence-electron chi connectivity index (χ0n) is 15.9. The number of morpholine rings is 1. The molecule has 2 heterocycles. The summed E-state index contributed by atoms with van der Waals surface area (Å²) in [6.45, 7) is 12.1. The number of hydrogen-bond donors (Lipinski definition) is 1. The summed E-state index contributed by atoms with van der Waals surface area (Å²) in [5, 5.41) is 3.16. The first-order valence-electron chi connectivity index (χ1n) is 9.95. The molecular weight excluding hydrogens is 302 g/mol. The minimum absolute atomic E-state index is 0.192. The van der Waals surface area contributed by atoms with Crippen molar-refractivity contribution < 1.29 is 9.53 Å². The molecule has 2 aliphatic rings. The number of ether oxygens (including phenoxy) is 1. The molecule has 1 N–H and O–H groups in total. The van der Waals surface area contributed by atoms with Crippen LogP contribution in [-0.4, -0.2) is 73.2 Å². The van der Waals surface area contributed by atoms with Crippen molar-refractivity contribution in [1.82, 2.24) is 15.1 Å². The smallest absolute Gasteiger partial charge is 0.234 e. The van der Waals surface area contributed by atoms with Crippen molar-refractivity contribution in [2.24, 2.45) is 0 Å². The van der Waals surface area contributed by atoms with Crippen molar-refractivity contribution in [3.8, 4) is 0 Å². The van der Waals surface area contributed by atoms with Gasteiger partial charge in [0.15, 0.2) is 0 Å². The maximum atomic E-state index is 12.2. The maximum Gasteiger partial charge on any atom is 0.234 e. The van der Waals surface area contributed by atoms with Crippen LogP contribution in [0.2, 0.25) is 0 Å². The molecule has 2 fully saturated rings. The van der Waals surface area contributed by atoms with E-state index < -0.39 is 0 Å². The van der Waals surface area contributed by atoms with Crippen LogP contribution in [0, 0.1) is 0 Å². The van der Waals surface area contributed by atoms with Crippen LogP contribution in [0.1, 0.15) is 59.3 Å². The van der Waals surface area contributed by atoms with E-state index in [-0.39, 0.29) is 5.91 Å². The predicted octanol–water partition coefficient (Wildman–Crippen LogP) is 2.26. The van der Waals surface area contributed by atoms with Crippen molar-refractivity contribution in [3.05, 3.63) is 0 Å². The van der Waals surface area contributed by atoms with E-state index in [1.807, 2.05) is 0 Å². The number of likely N-dealkylation sites (tertiary alicyclic amines) is 1. The molecule has 0 aromatic carbocycles. The highest BCUT2D eigenvalue weighted by Gasteiger charge is 2.28. The largest absolute Gasteiger partial charge is 0.376 e. The van der Waals surface area contributed by atoms with Gasteiger partial charge in [-0.2, -0.15) is 0 Å². The van der Waals surface area contributed by atoms with Gasteiger partial charge in [-0.15, -0.1) is 0 Å². The van der Waals surface area contributed by atoms with Crippen molar-refractivity contribution in [1.29, 1.82) is 0 Å². The molecule has 0 spiro atoms. The molecule has 0 aromatic rings. The van der Waals surface area contributed by atoms with Gasteiger partial charge in [0.25, 0.3) is 0 Å². The molecule has 0 radical (unpaired) electrons. The van der Waals surface area contributed by atoms with Crippen molar-refractivity contribution in [3.63, 3.8) is 0 Å². The van der Waals surface area contributed by atoms with E-state index in [9.17, 15) is 4.79 Å². The Morgan fingerprint density at radius 1 is 1.25 bits per heavy atom. The Bertz CT molecular complexity index is 370. The highest BCUT2D eigenvalue weighted by atomic mass is 16.5. The summed E-state index contributed by atoms with van der Waals surface area (Å²) < 4.78 is 5.64. The second-order valence-electron chi connectivity index (χ2n) is 7.65. The summed E-state index contributed by atoms with van der Waals surface area (Å²) >= 11 is 0. The highest BCUT2D eigenvalue weighted by molar-refractivity contribution is 5.78. The fourth-order valence-electron chi connectivity index (χ4n) is 3.92. The molecule has 24 heavy (non-hydrogen) atoms. The van der Waals surface area contributed by atoms with E-state index in [1.54, 1.807) is 0 Å². The Hall–Kier alpha value is -0.650. The van der Waals surface area contributed by atoms with Gasteiger partial charge in [0.05, 0.1) is 19.3 Å². The third-order valence-electron chi connectivity index (χ3n) is 5.36. The van der Waals surface area contributed by atoms with Gasteiger partial charge < -0.3 is 10.1 Å². The third-order valence-corrected chi connectivity index (χ3v) is 5.36. The average Bonchev–Trinajstić information content (AvgIpc) is 2.55. The Kier molecular flexibility index (Phi) is 8.50. The number of nitrogens with zero attached hydrogens (tertiary/aromatic N) is 2. The zero-order chi connectivity index (χ0) is 17.4. The summed E-state index contributed by atoms with van der Waals surface area (Å²) in [5.41, 5.74) is 0. The molecule has 0 bridgehead atoms. The SMILES string of the molecule is CCCCCC(C)NC(=O)CN1CCC(N2CCOC(C)C2)CC1. The van der Waals surface area contributed by atoms with Crippen LogP contribution >= 0.6 is 0 Å². The molecule has 1 amide bonds. The summed E-state index contributed by atoms with van der Waals surface area (Å²) in [6, 6.07) is 0.972. The van der Waals surface area contributed by atoms with E-state index >= 15 is 0 Å². The van der Waals surface area contributed by atoms with Crippen LogP contribution in [0.5, 0.6) is 0 Å². The number of carbonyl (C=O) groups is 1. The van der Waals surface area contributed by atoms with Crippen LogP contribution in [0.15, 0.2) is 0 Å². The van der Waals surface area contributed by atoms with Crippen molar-refractivity contribution >= 4 is 5.91 Å². The summed E-state index contributed by atoms with van der Waals surface area (Å²) in [4.78, 5) is 17.1. The molecule has 2 unspecified atom stereocenters. The lowest BCUT2D eigenvalue weighted by atomic mass is 10.0. The molecule has 5 nitrogen and oxygen atoms in total. The molecule has 5 heteroatoms. The predicted molar refractivity (Wildman–Crippen MR) is 98.2 cm³/mol. The molecule has 140 valence electrons. The van der Waals surface area contributed by atoms with Gasteiger partial charge in [0.2, 0.25) is 5.91 Å². The number of piperidine rings is 1. The Morgan fingerprint density at radius 3 is 2.67 bits per heavy atom. The van der Waals surface area contributed by atoms with Gasteiger partial charge in [0.1, 0.15) is 0 Å². The normalized spacial score (nSPS) is 25.5. The number of unbranched alkanes of at least 4 members (excludes halogenated alkanes) is 2. The van der Waals surface area contributed by atoms with Crippen LogP contribution in [0.3, 0.4) is 0 Å². The lowest BCUT2D eigenvalue weighted by molar-refractivity contribution is -0.123. The number of hydrogen-bond acceptors (Lipinski definition) is 4. The van der Waals surface area contributed by atoms with Gasteiger partial charge in [-0.05, 0) is 33.1 Å². The number of nitrogens with one attached hydrogen (secondary N) is 1. The maximum absolute atomic E-state index is 12.2. The molecule has 0 aromatic heterocycles. The summed E-state index contributed by atoms with van der Waals surface area (Å²) in [7, 11) is 0. The fourth-order valence-corrected chi connectivity index (χ4v) is 3.92. The Balaban J connectivity index is 1.62. The summed E-state index contributed by atoms with van der Waals surface area (Å²) in [5.74, 6) is 0.192. The standard InChI is InChI=1S/C19H37N3O2/c1-4-5-6-7-16(2)20-19(23)15-21-10-8-18(9-11-21)22-12-13-24-17(3)14-22/h16-18H,4-15H2,1-3H3,(H,20,23). The molecule has 0 saturated carbocycles. The van der Waals surface area contributed by atoms with E-state index in [4.69, 9.17) is 4.74 Å². The van der Waals surface area contributed by atoms with Gasteiger partial charge >= 0.3 is 0 Å². The Morgan fingerprint density at radius 2 is 2.00 bits per heavy atom. The molecule has 2 saturated heterocycles. The van der Waals surface area contributed by atoms with Crippen LogP contribution in [-0.2, 0) is 9.53 Å². The topological polar surface area (TPSA) is 44.8 Å². The summed E-state index contributed by atoms with van der Waals surface area (Å²) in [6.07, 6.45) is 7.50. The monoisotopic (exact) mass is 339 g/mol. The van der Waals surface area contributed by atoms with Gasteiger partial charge in [-0.3, -0.25) is 14.6 Å². The molecule has 2 aliphatic heterocycles. The lowest BCUT2D eigenvalue weighted by Gasteiger charge is -2.41. The first-order valence-corrected chi connectivity index (χ1v) is 9.95. The van der Waals surface area contributed by atoms with Crippen LogP contribution in [0.4, 0.5) is 0 Å². The fraction of sp³-hybridized carbons (Fsp3) is 0.947. The second-order valence-corrected chi connectivity index (χ2v) is 7.65. The minimum atomic E-state index is 0.192. The van der Waals surface area contributed by atoms with Gasteiger partial charge in [-0.25, -0.2) is 0 Å². The third kappa shape index (κ3) is 6.69. The average molecular weight is 340 g/mol. The molecular formula is C19H37N3O2. The van der Waals surface area contributed by atoms with Crippen LogP contribution < -0.4 is 5.32 Å².